The second-order valence-corrected chi connectivity index (χ2v) is 4.10. The first-order valence-corrected chi connectivity index (χ1v) is 5.46. The minimum atomic E-state index is -1.15. The van der Waals surface area contributed by atoms with Crippen molar-refractivity contribution in [1.29, 1.82) is 0 Å². The molecule has 0 heterocycles. The summed E-state index contributed by atoms with van der Waals surface area (Å²) in [6.45, 7) is 3.72. The number of aliphatic hydroxyl groups is 2. The molecule has 0 spiro atoms. The van der Waals surface area contributed by atoms with Crippen LogP contribution in [0.5, 0.6) is 0 Å². The summed E-state index contributed by atoms with van der Waals surface area (Å²) in [6, 6.07) is 5.60. The fraction of sp³-hybridized carbons (Fsp3) is 0.462. The summed E-state index contributed by atoms with van der Waals surface area (Å²) in [4.78, 5) is 11.0. The lowest BCUT2D eigenvalue weighted by Crippen LogP contribution is -2.23. The lowest BCUT2D eigenvalue weighted by atomic mass is 9.94. The summed E-state index contributed by atoms with van der Waals surface area (Å²) in [5.74, 6) is -0.539. The van der Waals surface area contributed by atoms with E-state index in [1.54, 1.807) is 0 Å². The first-order valence-electron chi connectivity index (χ1n) is 5.46. The van der Waals surface area contributed by atoms with E-state index in [0.717, 1.165) is 11.1 Å². The highest BCUT2D eigenvalue weighted by molar-refractivity contribution is 5.69. The Morgan fingerprint density at radius 1 is 1.29 bits per heavy atom. The Morgan fingerprint density at radius 2 is 1.82 bits per heavy atom. The third-order valence-electron chi connectivity index (χ3n) is 2.81. The third-order valence-corrected chi connectivity index (χ3v) is 2.81. The maximum atomic E-state index is 11.0. The van der Waals surface area contributed by atoms with Gasteiger partial charge in [0, 0.05) is 0 Å². The summed E-state index contributed by atoms with van der Waals surface area (Å²) in [7, 11) is 1.25. The molecule has 1 rings (SSSR count). The number of aryl methyl sites for hydroxylation is 2. The van der Waals surface area contributed by atoms with E-state index in [2.05, 4.69) is 4.74 Å². The normalized spacial score (nSPS) is 14.2. The average molecular weight is 238 g/mol. The second kappa shape index (κ2) is 5.80. The Balaban J connectivity index is 2.88. The molecule has 0 amide bonds. The Morgan fingerprint density at radius 3 is 2.29 bits per heavy atom. The molecule has 4 heteroatoms. The number of aliphatic hydroxyl groups excluding tert-OH is 2. The van der Waals surface area contributed by atoms with Crippen molar-refractivity contribution in [2.75, 3.05) is 7.11 Å². The van der Waals surface area contributed by atoms with Crippen molar-refractivity contribution in [1.82, 2.24) is 0 Å². The largest absolute Gasteiger partial charge is 0.469 e. The maximum Gasteiger partial charge on any atom is 0.308 e. The van der Waals surface area contributed by atoms with Gasteiger partial charge in [-0.2, -0.15) is 0 Å². The van der Waals surface area contributed by atoms with E-state index in [1.807, 2.05) is 32.0 Å². The Kier molecular flexibility index (Phi) is 4.66. The fourth-order valence-electron chi connectivity index (χ4n) is 1.85. The molecule has 0 radical (unpaired) electrons. The SMILES string of the molecule is COC(=O)CC(O)C(O)c1c(C)cccc1C. The van der Waals surface area contributed by atoms with Gasteiger partial charge in [0.2, 0.25) is 0 Å². The van der Waals surface area contributed by atoms with E-state index in [0.29, 0.717) is 5.56 Å². The summed E-state index contributed by atoms with van der Waals surface area (Å²) in [5.41, 5.74) is 2.45. The molecule has 94 valence electrons. The number of hydrogen-bond acceptors (Lipinski definition) is 4. The predicted molar refractivity (Wildman–Crippen MR) is 63.5 cm³/mol. The fourth-order valence-corrected chi connectivity index (χ4v) is 1.85. The Labute approximate surface area is 101 Å². The molecule has 0 fully saturated rings. The van der Waals surface area contributed by atoms with Gasteiger partial charge in [-0.25, -0.2) is 0 Å². The van der Waals surface area contributed by atoms with Gasteiger partial charge >= 0.3 is 5.97 Å². The highest BCUT2D eigenvalue weighted by Crippen LogP contribution is 2.25. The number of esters is 1. The van der Waals surface area contributed by atoms with E-state index in [-0.39, 0.29) is 6.42 Å². The zero-order valence-electron chi connectivity index (χ0n) is 10.3. The van der Waals surface area contributed by atoms with Crippen LogP contribution < -0.4 is 0 Å². The van der Waals surface area contributed by atoms with Crippen molar-refractivity contribution in [3.8, 4) is 0 Å². The second-order valence-electron chi connectivity index (χ2n) is 4.10. The number of methoxy groups -OCH3 is 1. The minimum Gasteiger partial charge on any atom is -0.469 e. The topological polar surface area (TPSA) is 66.8 Å². The number of benzene rings is 1. The molecule has 1 aromatic carbocycles. The van der Waals surface area contributed by atoms with E-state index >= 15 is 0 Å². The van der Waals surface area contributed by atoms with Gasteiger partial charge in [-0.05, 0) is 30.5 Å². The minimum absolute atomic E-state index is 0.217. The first-order chi connectivity index (χ1) is 7.97. The monoisotopic (exact) mass is 238 g/mol. The van der Waals surface area contributed by atoms with Crippen LogP contribution in [0.4, 0.5) is 0 Å². The van der Waals surface area contributed by atoms with Crippen LogP contribution in [0.2, 0.25) is 0 Å². The molecule has 2 N–H and O–H groups in total. The van der Waals surface area contributed by atoms with Crippen LogP contribution in [0.25, 0.3) is 0 Å². The lowest BCUT2D eigenvalue weighted by molar-refractivity contribution is -0.144. The number of carbonyl (C=O) groups excluding carboxylic acids is 1. The molecular weight excluding hydrogens is 220 g/mol. The van der Waals surface area contributed by atoms with Crippen molar-refractivity contribution in [3.05, 3.63) is 34.9 Å². The van der Waals surface area contributed by atoms with Crippen LogP contribution in [0, 0.1) is 13.8 Å². The zero-order valence-corrected chi connectivity index (χ0v) is 10.3. The van der Waals surface area contributed by atoms with Crippen LogP contribution in [-0.4, -0.2) is 29.4 Å². The quantitative estimate of drug-likeness (QED) is 0.775. The number of carbonyl (C=O) groups is 1. The van der Waals surface area contributed by atoms with Crippen LogP contribution in [0.15, 0.2) is 18.2 Å². The van der Waals surface area contributed by atoms with Crippen LogP contribution in [0.3, 0.4) is 0 Å². The van der Waals surface area contributed by atoms with E-state index in [4.69, 9.17) is 0 Å². The Hall–Kier alpha value is -1.39. The molecule has 0 aliphatic carbocycles. The molecule has 0 aliphatic rings. The van der Waals surface area contributed by atoms with Gasteiger partial charge in [-0.1, -0.05) is 18.2 Å². The Bertz CT molecular complexity index is 380. The number of rotatable bonds is 4. The molecule has 0 aliphatic heterocycles. The zero-order chi connectivity index (χ0) is 13.0. The van der Waals surface area contributed by atoms with E-state index in [9.17, 15) is 15.0 Å². The van der Waals surface area contributed by atoms with Gasteiger partial charge in [0.25, 0.3) is 0 Å². The summed E-state index contributed by atoms with van der Waals surface area (Å²) < 4.78 is 4.46. The highest BCUT2D eigenvalue weighted by Gasteiger charge is 2.24. The van der Waals surface area contributed by atoms with Gasteiger partial charge in [0.05, 0.1) is 19.6 Å². The van der Waals surface area contributed by atoms with Crippen molar-refractivity contribution in [2.24, 2.45) is 0 Å². The van der Waals surface area contributed by atoms with Gasteiger partial charge in [0.15, 0.2) is 0 Å². The molecule has 2 atom stereocenters. The van der Waals surface area contributed by atoms with Gasteiger partial charge in [-0.3, -0.25) is 4.79 Å². The van der Waals surface area contributed by atoms with Crippen molar-refractivity contribution in [3.63, 3.8) is 0 Å². The molecule has 17 heavy (non-hydrogen) atoms. The molecule has 0 bridgehead atoms. The number of ether oxygens (including phenoxy) is 1. The highest BCUT2D eigenvalue weighted by atomic mass is 16.5. The summed E-state index contributed by atoms with van der Waals surface area (Å²) in [6.07, 6.45) is -2.44. The molecule has 0 saturated carbocycles. The number of hydrogen-bond donors (Lipinski definition) is 2. The maximum absolute atomic E-state index is 11.0. The molecule has 4 nitrogen and oxygen atoms in total. The van der Waals surface area contributed by atoms with Crippen molar-refractivity contribution in [2.45, 2.75) is 32.5 Å². The summed E-state index contributed by atoms with van der Waals surface area (Å²) >= 11 is 0. The average Bonchev–Trinajstić information content (AvgIpc) is 2.28. The third kappa shape index (κ3) is 3.28. The molecule has 0 saturated heterocycles. The predicted octanol–water partition coefficient (Wildman–Crippen LogP) is 1.26. The molecule has 0 aromatic heterocycles. The molecular formula is C13H18O4. The van der Waals surface area contributed by atoms with Crippen LogP contribution in [-0.2, 0) is 9.53 Å². The van der Waals surface area contributed by atoms with E-state index in [1.165, 1.54) is 7.11 Å². The molecule has 1 aromatic rings. The van der Waals surface area contributed by atoms with Crippen molar-refractivity contribution >= 4 is 5.97 Å². The molecule has 2 unspecified atom stereocenters. The standard InChI is InChI=1S/C13H18O4/c1-8-5-4-6-9(2)12(8)13(16)10(14)7-11(15)17-3/h4-6,10,13-14,16H,7H2,1-3H3. The summed E-state index contributed by atoms with van der Waals surface area (Å²) in [5, 5.41) is 19.8. The van der Waals surface area contributed by atoms with E-state index < -0.39 is 18.2 Å². The van der Waals surface area contributed by atoms with Gasteiger partial charge in [-0.15, -0.1) is 0 Å². The van der Waals surface area contributed by atoms with Gasteiger partial charge in [0.1, 0.15) is 6.10 Å². The van der Waals surface area contributed by atoms with Gasteiger partial charge < -0.3 is 14.9 Å². The smallest absolute Gasteiger partial charge is 0.308 e. The van der Waals surface area contributed by atoms with Crippen molar-refractivity contribution < 1.29 is 19.7 Å². The van der Waals surface area contributed by atoms with Crippen LogP contribution >= 0.6 is 0 Å². The first kappa shape index (κ1) is 13.7. The van der Waals surface area contributed by atoms with Crippen LogP contribution in [0.1, 0.15) is 29.2 Å². The lowest BCUT2D eigenvalue weighted by Gasteiger charge is -2.21.